The number of carbonyl (C=O) groups excluding carboxylic acids is 2. The van der Waals surface area contributed by atoms with Gasteiger partial charge in [-0.25, -0.2) is 0 Å². The first-order valence-electron chi connectivity index (χ1n) is 5.67. The summed E-state index contributed by atoms with van der Waals surface area (Å²) in [6.07, 6.45) is 3.65. The summed E-state index contributed by atoms with van der Waals surface area (Å²) in [5.74, 6) is -0.509. The number of hydrogen-bond acceptors (Lipinski definition) is 4. The molecule has 1 unspecified atom stereocenters. The molecule has 1 aromatic carbocycles. The van der Waals surface area contributed by atoms with Crippen molar-refractivity contribution in [3.63, 3.8) is 0 Å². The second kappa shape index (κ2) is 4.10. The number of nitrogens with one attached hydrogen (secondary N) is 2. The highest BCUT2D eigenvalue weighted by Gasteiger charge is 2.30. The van der Waals surface area contributed by atoms with E-state index >= 15 is 0 Å². The van der Waals surface area contributed by atoms with Gasteiger partial charge in [0.05, 0.1) is 6.42 Å². The molecular weight excluding hydrogens is 230 g/mol. The third-order valence-corrected chi connectivity index (χ3v) is 2.98. The molecule has 2 heterocycles. The lowest BCUT2D eigenvalue weighted by atomic mass is 10.1. The maximum atomic E-state index is 11.5. The number of nitrogens with zero attached hydrogens (tertiary/aromatic N) is 1. The maximum Gasteiger partial charge on any atom is 0.249 e. The number of hydrogen-bond donors (Lipinski definition) is 2. The lowest BCUT2D eigenvalue weighted by Gasteiger charge is -2.12. The molecule has 1 aliphatic rings. The molecule has 1 aliphatic heterocycles. The van der Waals surface area contributed by atoms with Crippen LogP contribution in [0.5, 0.6) is 0 Å². The van der Waals surface area contributed by atoms with Crippen molar-refractivity contribution in [1.82, 2.24) is 10.3 Å². The lowest BCUT2D eigenvalue weighted by molar-refractivity contribution is -0.124. The Hall–Kier alpha value is -2.43. The van der Waals surface area contributed by atoms with E-state index in [1.165, 1.54) is 0 Å². The Bertz CT molecular complexity index is 634. The molecule has 0 spiro atoms. The van der Waals surface area contributed by atoms with Crippen molar-refractivity contribution >= 4 is 28.3 Å². The van der Waals surface area contributed by atoms with E-state index in [0.29, 0.717) is 0 Å². The topological polar surface area (TPSA) is 71.1 Å². The van der Waals surface area contributed by atoms with Crippen molar-refractivity contribution in [2.45, 2.75) is 12.5 Å². The van der Waals surface area contributed by atoms with Crippen molar-refractivity contribution in [3.05, 3.63) is 36.7 Å². The van der Waals surface area contributed by atoms with Crippen LogP contribution in [0, 0.1) is 0 Å². The maximum absolute atomic E-state index is 11.5. The SMILES string of the molecule is O=C1CC(Nc2cccc3cnccc23)C(=O)N1. The zero-order valence-corrected chi connectivity index (χ0v) is 9.51. The summed E-state index contributed by atoms with van der Waals surface area (Å²) in [4.78, 5) is 26.7. The highest BCUT2D eigenvalue weighted by Crippen LogP contribution is 2.23. The third-order valence-electron chi connectivity index (χ3n) is 2.98. The van der Waals surface area contributed by atoms with Crippen LogP contribution in [-0.4, -0.2) is 22.8 Å². The molecule has 0 bridgehead atoms. The fourth-order valence-electron chi connectivity index (χ4n) is 2.11. The number of amides is 2. The van der Waals surface area contributed by atoms with Crippen LogP contribution in [0.25, 0.3) is 10.8 Å². The van der Waals surface area contributed by atoms with E-state index in [0.717, 1.165) is 16.5 Å². The zero-order valence-electron chi connectivity index (χ0n) is 9.51. The van der Waals surface area contributed by atoms with Gasteiger partial charge in [0.15, 0.2) is 0 Å². The van der Waals surface area contributed by atoms with Gasteiger partial charge in [-0.3, -0.25) is 19.9 Å². The molecule has 1 fully saturated rings. The summed E-state index contributed by atoms with van der Waals surface area (Å²) in [7, 11) is 0. The first-order chi connectivity index (χ1) is 8.74. The minimum atomic E-state index is -0.490. The van der Waals surface area contributed by atoms with E-state index < -0.39 is 6.04 Å². The fraction of sp³-hybridized carbons (Fsp3) is 0.154. The number of benzene rings is 1. The van der Waals surface area contributed by atoms with E-state index in [1.54, 1.807) is 12.4 Å². The summed E-state index contributed by atoms with van der Waals surface area (Å²) in [5.41, 5.74) is 0.838. The fourth-order valence-corrected chi connectivity index (χ4v) is 2.11. The molecule has 90 valence electrons. The van der Waals surface area contributed by atoms with Crippen molar-refractivity contribution in [2.75, 3.05) is 5.32 Å². The molecule has 5 nitrogen and oxygen atoms in total. The summed E-state index contributed by atoms with van der Waals surface area (Å²) in [5, 5.41) is 7.36. The average Bonchev–Trinajstić information content (AvgIpc) is 2.68. The monoisotopic (exact) mass is 241 g/mol. The van der Waals surface area contributed by atoms with Gasteiger partial charge in [0.2, 0.25) is 11.8 Å². The van der Waals surface area contributed by atoms with Crippen LogP contribution in [0.1, 0.15) is 6.42 Å². The lowest BCUT2D eigenvalue weighted by Crippen LogP contribution is -2.30. The molecule has 0 aliphatic carbocycles. The second-order valence-electron chi connectivity index (χ2n) is 4.22. The molecule has 3 rings (SSSR count). The molecule has 1 aromatic heterocycles. The van der Waals surface area contributed by atoms with E-state index in [4.69, 9.17) is 0 Å². The minimum absolute atomic E-state index is 0.181. The Balaban J connectivity index is 1.95. The Kier molecular flexibility index (Phi) is 2.44. The van der Waals surface area contributed by atoms with Crippen LogP contribution < -0.4 is 10.6 Å². The number of pyridine rings is 1. The summed E-state index contributed by atoms with van der Waals surface area (Å²) in [6, 6.07) is 7.12. The van der Waals surface area contributed by atoms with Gasteiger partial charge in [0.25, 0.3) is 0 Å². The van der Waals surface area contributed by atoms with Crippen molar-refractivity contribution in [1.29, 1.82) is 0 Å². The third kappa shape index (κ3) is 1.79. The Morgan fingerprint density at radius 1 is 1.28 bits per heavy atom. The standard InChI is InChI=1S/C13H11N3O2/c17-12-6-11(13(18)16-12)15-10-3-1-2-8-7-14-5-4-9(8)10/h1-5,7,11,15H,6H2,(H,16,17,18). The van der Waals surface area contributed by atoms with Crippen molar-refractivity contribution in [2.24, 2.45) is 0 Å². The largest absolute Gasteiger partial charge is 0.373 e. The highest BCUT2D eigenvalue weighted by atomic mass is 16.2. The number of rotatable bonds is 2. The van der Waals surface area contributed by atoms with Gasteiger partial charge >= 0.3 is 0 Å². The molecule has 1 saturated heterocycles. The normalized spacial score (nSPS) is 19.0. The number of aromatic nitrogens is 1. The zero-order chi connectivity index (χ0) is 12.5. The van der Waals surface area contributed by atoms with E-state index in [2.05, 4.69) is 15.6 Å². The number of carbonyl (C=O) groups is 2. The van der Waals surface area contributed by atoms with Gasteiger partial charge in [-0.05, 0) is 12.1 Å². The Labute approximate surface area is 103 Å². The predicted molar refractivity (Wildman–Crippen MR) is 66.9 cm³/mol. The summed E-state index contributed by atoms with van der Waals surface area (Å²) in [6.45, 7) is 0. The van der Waals surface area contributed by atoms with E-state index in [-0.39, 0.29) is 18.2 Å². The van der Waals surface area contributed by atoms with Gasteiger partial charge < -0.3 is 5.32 Å². The molecule has 0 saturated carbocycles. The van der Waals surface area contributed by atoms with Crippen molar-refractivity contribution in [3.8, 4) is 0 Å². The van der Waals surface area contributed by atoms with Gasteiger partial charge in [-0.1, -0.05) is 12.1 Å². The van der Waals surface area contributed by atoms with Gasteiger partial charge in [-0.15, -0.1) is 0 Å². The van der Waals surface area contributed by atoms with Crippen LogP contribution in [0.3, 0.4) is 0 Å². The average molecular weight is 241 g/mol. The van der Waals surface area contributed by atoms with Gasteiger partial charge in [0.1, 0.15) is 6.04 Å². The number of imide groups is 1. The summed E-state index contributed by atoms with van der Waals surface area (Å²) >= 11 is 0. The Morgan fingerprint density at radius 3 is 2.94 bits per heavy atom. The van der Waals surface area contributed by atoms with Crippen LogP contribution in [-0.2, 0) is 9.59 Å². The summed E-state index contributed by atoms with van der Waals surface area (Å²) < 4.78 is 0. The first-order valence-corrected chi connectivity index (χ1v) is 5.67. The molecular formula is C13H11N3O2. The smallest absolute Gasteiger partial charge is 0.249 e. The molecule has 0 radical (unpaired) electrons. The molecule has 5 heteroatoms. The highest BCUT2D eigenvalue weighted by molar-refractivity contribution is 6.07. The Morgan fingerprint density at radius 2 is 2.17 bits per heavy atom. The van der Waals surface area contributed by atoms with E-state index in [1.807, 2.05) is 24.3 Å². The molecule has 2 aromatic rings. The molecule has 2 amide bonds. The van der Waals surface area contributed by atoms with Crippen LogP contribution in [0.4, 0.5) is 5.69 Å². The van der Waals surface area contributed by atoms with E-state index in [9.17, 15) is 9.59 Å². The van der Waals surface area contributed by atoms with Crippen LogP contribution >= 0.6 is 0 Å². The predicted octanol–water partition coefficient (Wildman–Crippen LogP) is 1.06. The second-order valence-corrected chi connectivity index (χ2v) is 4.22. The molecule has 18 heavy (non-hydrogen) atoms. The van der Waals surface area contributed by atoms with Gasteiger partial charge in [-0.2, -0.15) is 0 Å². The number of fused-ring (bicyclic) bond motifs is 1. The minimum Gasteiger partial charge on any atom is -0.373 e. The molecule has 1 atom stereocenters. The van der Waals surface area contributed by atoms with Gasteiger partial charge in [0, 0.05) is 28.9 Å². The molecule has 2 N–H and O–H groups in total. The van der Waals surface area contributed by atoms with Crippen LogP contribution in [0.2, 0.25) is 0 Å². The van der Waals surface area contributed by atoms with Crippen molar-refractivity contribution < 1.29 is 9.59 Å². The van der Waals surface area contributed by atoms with Crippen LogP contribution in [0.15, 0.2) is 36.7 Å². The quantitative estimate of drug-likeness (QED) is 0.771. The number of anilines is 1. The first kappa shape index (κ1) is 10.7.